The molecule has 3 heterocycles. The first-order valence-electron chi connectivity index (χ1n) is 6.24. The minimum atomic E-state index is -0.662. The Morgan fingerprint density at radius 3 is 2.67 bits per heavy atom. The van der Waals surface area contributed by atoms with Gasteiger partial charge >= 0.3 is 5.97 Å². The Morgan fingerprint density at radius 2 is 2.17 bits per heavy atom. The van der Waals surface area contributed by atoms with Crippen LogP contribution >= 0.6 is 27.3 Å². The highest BCUT2D eigenvalue weighted by molar-refractivity contribution is 9.10. The highest BCUT2D eigenvalue weighted by Crippen LogP contribution is 2.43. The molecule has 2 fully saturated rings. The number of piperidine rings is 1. The van der Waals surface area contributed by atoms with E-state index in [0.717, 1.165) is 22.6 Å². The van der Waals surface area contributed by atoms with E-state index in [1.165, 1.54) is 12.8 Å². The molecule has 18 heavy (non-hydrogen) atoms. The first kappa shape index (κ1) is 12.4. The molecule has 98 valence electrons. The van der Waals surface area contributed by atoms with Crippen molar-refractivity contribution >= 4 is 38.4 Å². The number of anilines is 1. The zero-order chi connectivity index (χ0) is 12.7. The summed E-state index contributed by atoms with van der Waals surface area (Å²) in [5.74, 6) is -0.315. The molecule has 2 aliphatic rings. The summed E-state index contributed by atoms with van der Waals surface area (Å²) in [7, 11) is 0. The van der Waals surface area contributed by atoms with Gasteiger partial charge in [-0.3, -0.25) is 4.79 Å². The number of aromatic nitrogens is 1. The number of nitrogens with zero attached hydrogens (tertiary/aromatic N) is 2. The van der Waals surface area contributed by atoms with Gasteiger partial charge in [0.05, 0.1) is 0 Å². The van der Waals surface area contributed by atoms with Crippen LogP contribution in [0, 0.1) is 5.92 Å². The SMILES string of the molecule is O=C(O)CC1CC2CCC(C1)N2c1nc(Br)cs1. The van der Waals surface area contributed by atoms with Gasteiger partial charge in [-0.15, -0.1) is 11.3 Å². The van der Waals surface area contributed by atoms with Crippen molar-refractivity contribution in [3.05, 3.63) is 9.98 Å². The lowest BCUT2D eigenvalue weighted by Gasteiger charge is -2.38. The second-order valence-corrected chi connectivity index (χ2v) is 6.83. The Labute approximate surface area is 118 Å². The standard InChI is InChI=1S/C12H15BrN2O2S/c13-10-6-18-12(14-10)15-8-1-2-9(15)4-7(3-8)5-11(16)17/h6-9H,1-5H2,(H,16,17). The fraction of sp³-hybridized carbons (Fsp3) is 0.667. The van der Waals surface area contributed by atoms with Gasteiger partial charge in [-0.05, 0) is 47.5 Å². The van der Waals surface area contributed by atoms with Crippen molar-refractivity contribution < 1.29 is 9.90 Å². The van der Waals surface area contributed by atoms with Crippen molar-refractivity contribution in [3.8, 4) is 0 Å². The molecule has 3 rings (SSSR count). The summed E-state index contributed by atoms with van der Waals surface area (Å²) in [5.41, 5.74) is 0. The van der Waals surface area contributed by atoms with Crippen LogP contribution in [0.25, 0.3) is 0 Å². The Bertz CT molecular complexity index is 451. The van der Waals surface area contributed by atoms with Crippen molar-refractivity contribution in [2.75, 3.05) is 4.90 Å². The van der Waals surface area contributed by atoms with Crippen LogP contribution in [0.2, 0.25) is 0 Å². The Kier molecular flexibility index (Phi) is 3.32. The molecule has 1 aromatic rings. The summed E-state index contributed by atoms with van der Waals surface area (Å²) in [5, 5.41) is 12.0. The van der Waals surface area contributed by atoms with Crippen LogP contribution < -0.4 is 4.90 Å². The number of rotatable bonds is 3. The van der Waals surface area contributed by atoms with E-state index in [1.54, 1.807) is 11.3 Å². The smallest absolute Gasteiger partial charge is 0.303 e. The average molecular weight is 331 g/mol. The molecule has 4 nitrogen and oxygen atoms in total. The summed E-state index contributed by atoms with van der Waals surface area (Å²) in [4.78, 5) is 17.8. The van der Waals surface area contributed by atoms with E-state index in [0.29, 0.717) is 24.4 Å². The maximum absolute atomic E-state index is 10.8. The molecule has 0 aliphatic carbocycles. The normalized spacial score (nSPS) is 30.7. The minimum absolute atomic E-state index is 0.322. The quantitative estimate of drug-likeness (QED) is 0.925. The number of hydrogen-bond acceptors (Lipinski definition) is 4. The van der Waals surface area contributed by atoms with Crippen molar-refractivity contribution in [1.82, 2.24) is 4.98 Å². The molecule has 0 spiro atoms. The summed E-state index contributed by atoms with van der Waals surface area (Å²) < 4.78 is 0.898. The van der Waals surface area contributed by atoms with Gasteiger partial charge in [0.25, 0.3) is 0 Å². The van der Waals surface area contributed by atoms with Crippen molar-refractivity contribution in [3.63, 3.8) is 0 Å². The van der Waals surface area contributed by atoms with Crippen LogP contribution in [0.3, 0.4) is 0 Å². The number of aliphatic carboxylic acids is 1. The lowest BCUT2D eigenvalue weighted by molar-refractivity contribution is -0.138. The second kappa shape index (κ2) is 4.81. The molecule has 0 saturated carbocycles. The van der Waals surface area contributed by atoms with Crippen LogP contribution in [0.15, 0.2) is 9.98 Å². The Hall–Kier alpha value is -0.620. The average Bonchev–Trinajstić information content (AvgIpc) is 2.80. The van der Waals surface area contributed by atoms with Gasteiger partial charge in [-0.1, -0.05) is 0 Å². The van der Waals surface area contributed by atoms with Crippen LogP contribution in [0.4, 0.5) is 5.13 Å². The van der Waals surface area contributed by atoms with E-state index in [-0.39, 0.29) is 0 Å². The van der Waals surface area contributed by atoms with Crippen molar-refractivity contribution in [2.45, 2.75) is 44.2 Å². The lowest BCUT2D eigenvalue weighted by Crippen LogP contribution is -2.43. The van der Waals surface area contributed by atoms with E-state index in [4.69, 9.17) is 5.11 Å². The van der Waals surface area contributed by atoms with Crippen molar-refractivity contribution in [1.29, 1.82) is 0 Å². The summed E-state index contributed by atoms with van der Waals surface area (Å²) in [6.45, 7) is 0. The van der Waals surface area contributed by atoms with Gasteiger partial charge < -0.3 is 10.0 Å². The topological polar surface area (TPSA) is 53.4 Å². The van der Waals surface area contributed by atoms with E-state index in [1.807, 2.05) is 5.38 Å². The molecule has 2 aliphatic heterocycles. The number of carbonyl (C=O) groups is 1. The van der Waals surface area contributed by atoms with Crippen LogP contribution in [-0.4, -0.2) is 28.1 Å². The lowest BCUT2D eigenvalue weighted by atomic mass is 9.88. The number of thiazole rings is 1. The zero-order valence-electron chi connectivity index (χ0n) is 9.88. The molecule has 0 radical (unpaired) electrons. The van der Waals surface area contributed by atoms with Crippen LogP contribution in [0.1, 0.15) is 32.1 Å². The molecular formula is C12H15BrN2O2S. The number of carboxylic acid groups (broad SMARTS) is 1. The van der Waals surface area contributed by atoms with E-state index >= 15 is 0 Å². The zero-order valence-corrected chi connectivity index (χ0v) is 12.3. The molecular weight excluding hydrogens is 316 g/mol. The van der Waals surface area contributed by atoms with E-state index < -0.39 is 5.97 Å². The number of hydrogen-bond donors (Lipinski definition) is 1. The van der Waals surface area contributed by atoms with Crippen molar-refractivity contribution in [2.24, 2.45) is 5.92 Å². The fourth-order valence-corrected chi connectivity index (χ4v) is 4.77. The molecule has 6 heteroatoms. The van der Waals surface area contributed by atoms with Gasteiger partial charge in [0, 0.05) is 23.9 Å². The van der Waals surface area contributed by atoms with Crippen LogP contribution in [-0.2, 0) is 4.79 Å². The van der Waals surface area contributed by atoms with E-state index in [2.05, 4.69) is 25.8 Å². The monoisotopic (exact) mass is 330 g/mol. The third-order valence-electron chi connectivity index (χ3n) is 3.98. The van der Waals surface area contributed by atoms with Crippen LogP contribution in [0.5, 0.6) is 0 Å². The number of halogens is 1. The third kappa shape index (κ3) is 2.28. The maximum Gasteiger partial charge on any atom is 0.303 e. The molecule has 2 saturated heterocycles. The first-order chi connectivity index (χ1) is 8.63. The molecule has 1 aromatic heterocycles. The minimum Gasteiger partial charge on any atom is -0.481 e. The summed E-state index contributed by atoms with van der Waals surface area (Å²) >= 11 is 5.07. The number of carboxylic acids is 1. The highest BCUT2D eigenvalue weighted by Gasteiger charge is 2.42. The first-order valence-corrected chi connectivity index (χ1v) is 7.92. The van der Waals surface area contributed by atoms with Gasteiger partial charge in [-0.25, -0.2) is 4.98 Å². The molecule has 1 N–H and O–H groups in total. The summed E-state index contributed by atoms with van der Waals surface area (Å²) in [6.07, 6.45) is 4.68. The molecule has 0 amide bonds. The molecule has 2 unspecified atom stereocenters. The van der Waals surface area contributed by atoms with Gasteiger partial charge in [0.1, 0.15) is 4.60 Å². The maximum atomic E-state index is 10.8. The molecule has 2 bridgehead atoms. The highest BCUT2D eigenvalue weighted by atomic mass is 79.9. The fourth-order valence-electron chi connectivity index (χ4n) is 3.38. The van der Waals surface area contributed by atoms with E-state index in [9.17, 15) is 4.79 Å². The second-order valence-electron chi connectivity index (χ2n) is 5.18. The van der Waals surface area contributed by atoms with Gasteiger partial charge in [0.2, 0.25) is 0 Å². The Morgan fingerprint density at radius 1 is 1.50 bits per heavy atom. The summed E-state index contributed by atoms with van der Waals surface area (Å²) in [6, 6.07) is 0.984. The largest absolute Gasteiger partial charge is 0.481 e. The molecule has 0 aromatic carbocycles. The predicted octanol–water partition coefficient (Wildman–Crippen LogP) is 3.13. The predicted molar refractivity (Wildman–Crippen MR) is 74.1 cm³/mol. The number of fused-ring (bicyclic) bond motifs is 2. The Balaban J connectivity index is 1.75. The van der Waals surface area contributed by atoms with Gasteiger partial charge in [-0.2, -0.15) is 0 Å². The van der Waals surface area contributed by atoms with Gasteiger partial charge in [0.15, 0.2) is 5.13 Å². The molecule has 2 atom stereocenters. The third-order valence-corrected chi connectivity index (χ3v) is 5.54.